The van der Waals surface area contributed by atoms with Crippen LogP contribution in [0.25, 0.3) is 34.3 Å². The van der Waals surface area contributed by atoms with Crippen molar-refractivity contribution in [1.29, 1.82) is 0 Å². The molecule has 0 radical (unpaired) electrons. The fraction of sp³-hybridized carbons (Fsp3) is 0.182. The zero-order valence-electron chi connectivity index (χ0n) is 16.8. The highest BCUT2D eigenvalue weighted by Gasteiger charge is 2.17. The molecule has 7 nitrogen and oxygen atoms in total. The van der Waals surface area contributed by atoms with E-state index < -0.39 is 0 Å². The second kappa shape index (κ2) is 9.06. The smallest absolute Gasteiger partial charge is 0.270 e. The molecule has 0 aliphatic rings. The number of thioether (sulfide) groups is 1. The Hall–Kier alpha value is -3.23. The molecule has 2 aromatic carbocycles. The lowest BCUT2D eigenvalue weighted by atomic mass is 10.1. The van der Waals surface area contributed by atoms with Crippen molar-refractivity contribution in [2.75, 3.05) is 18.5 Å². The molecule has 0 spiro atoms. The van der Waals surface area contributed by atoms with Crippen LogP contribution in [0.4, 0.5) is 5.82 Å². The Kier molecular flexibility index (Phi) is 6.06. The van der Waals surface area contributed by atoms with Gasteiger partial charge in [0.05, 0.1) is 11.9 Å². The lowest BCUT2D eigenvalue weighted by molar-refractivity contribution is 0.582. The molecule has 0 atom stereocenters. The van der Waals surface area contributed by atoms with E-state index in [1.807, 2.05) is 43.4 Å². The normalized spacial score (nSPS) is 11.0. The zero-order chi connectivity index (χ0) is 20.9. The van der Waals surface area contributed by atoms with E-state index in [1.165, 1.54) is 10.5 Å². The first kappa shape index (κ1) is 20.1. The summed E-state index contributed by atoms with van der Waals surface area (Å²) in [5, 5.41) is 11.4. The van der Waals surface area contributed by atoms with Gasteiger partial charge in [0, 0.05) is 22.6 Å². The first-order valence-corrected chi connectivity index (χ1v) is 10.6. The largest absolute Gasteiger partial charge is 0.414 e. The minimum atomic E-state index is 0.245. The Morgan fingerprint density at radius 2 is 1.67 bits per heavy atom. The molecule has 0 saturated carbocycles. The monoisotopic (exact) mass is 418 g/mol. The molecular weight excluding hydrogens is 396 g/mol. The summed E-state index contributed by atoms with van der Waals surface area (Å²) < 4.78 is 5.85. The van der Waals surface area contributed by atoms with Crippen molar-refractivity contribution in [3.63, 3.8) is 0 Å². The van der Waals surface area contributed by atoms with Crippen LogP contribution in [0.2, 0.25) is 0 Å². The molecule has 8 heteroatoms. The average Bonchev–Trinajstić information content (AvgIpc) is 3.26. The lowest BCUT2D eigenvalue weighted by Crippen LogP contribution is -2.04. The van der Waals surface area contributed by atoms with Crippen LogP contribution in [0.5, 0.6) is 0 Å². The standard InChI is InChI=1S/C22H22N6OS/c1-3-30-17-10-8-15(9-11-17)18-13-25-20(23)19(26-18)22-28-27-21(29-22)16-6-4-14(5-7-16)12-24-2/h4-11,13,24H,3,12H2,1-2H3,(H2,23,25). The number of rotatable bonds is 7. The van der Waals surface area contributed by atoms with Crippen LogP contribution >= 0.6 is 11.8 Å². The van der Waals surface area contributed by atoms with E-state index in [0.29, 0.717) is 17.3 Å². The fourth-order valence-electron chi connectivity index (χ4n) is 2.99. The molecule has 0 fully saturated rings. The molecule has 0 aliphatic carbocycles. The number of hydrogen-bond donors (Lipinski definition) is 2. The predicted molar refractivity (Wildman–Crippen MR) is 120 cm³/mol. The van der Waals surface area contributed by atoms with Crippen molar-refractivity contribution < 1.29 is 4.42 Å². The number of benzene rings is 2. The predicted octanol–water partition coefficient (Wildman–Crippen LogP) is 4.27. The van der Waals surface area contributed by atoms with Gasteiger partial charge in [0.15, 0.2) is 11.5 Å². The van der Waals surface area contributed by atoms with Gasteiger partial charge >= 0.3 is 0 Å². The highest BCUT2D eigenvalue weighted by molar-refractivity contribution is 7.99. The van der Waals surface area contributed by atoms with Gasteiger partial charge in [-0.1, -0.05) is 31.2 Å². The quantitative estimate of drug-likeness (QED) is 0.429. The molecule has 2 aromatic heterocycles. The van der Waals surface area contributed by atoms with Crippen molar-refractivity contribution in [2.24, 2.45) is 0 Å². The molecular formula is C22H22N6OS. The van der Waals surface area contributed by atoms with Crippen LogP contribution < -0.4 is 11.1 Å². The minimum absolute atomic E-state index is 0.245. The van der Waals surface area contributed by atoms with E-state index in [1.54, 1.807) is 18.0 Å². The van der Waals surface area contributed by atoms with Crippen molar-refractivity contribution in [1.82, 2.24) is 25.5 Å². The number of nitrogens with one attached hydrogen (secondary N) is 1. The van der Waals surface area contributed by atoms with Crippen LogP contribution in [0.15, 0.2) is 64.0 Å². The summed E-state index contributed by atoms with van der Waals surface area (Å²) in [7, 11) is 1.91. The van der Waals surface area contributed by atoms with Crippen LogP contribution in [0.3, 0.4) is 0 Å². The second-order valence-electron chi connectivity index (χ2n) is 6.59. The Morgan fingerprint density at radius 1 is 0.967 bits per heavy atom. The van der Waals surface area contributed by atoms with Gasteiger partial charge in [0.1, 0.15) is 0 Å². The summed E-state index contributed by atoms with van der Waals surface area (Å²) in [5.41, 5.74) is 10.1. The Morgan fingerprint density at radius 3 is 2.37 bits per heavy atom. The maximum absolute atomic E-state index is 6.05. The number of nitrogen functional groups attached to an aromatic ring is 1. The molecule has 0 amide bonds. The number of nitrogens with two attached hydrogens (primary N) is 1. The zero-order valence-corrected chi connectivity index (χ0v) is 17.6. The molecule has 0 aliphatic heterocycles. The Labute approximate surface area is 179 Å². The van der Waals surface area contributed by atoms with Gasteiger partial charge in [-0.3, -0.25) is 0 Å². The third-order valence-electron chi connectivity index (χ3n) is 4.47. The minimum Gasteiger partial charge on any atom is -0.414 e. The summed E-state index contributed by atoms with van der Waals surface area (Å²) in [5.74, 6) is 1.93. The summed E-state index contributed by atoms with van der Waals surface area (Å²) in [6, 6.07) is 16.1. The van der Waals surface area contributed by atoms with Crippen LogP contribution in [-0.4, -0.2) is 33.0 Å². The molecule has 0 saturated heterocycles. The highest BCUT2D eigenvalue weighted by Crippen LogP contribution is 2.29. The molecule has 4 rings (SSSR count). The second-order valence-corrected chi connectivity index (χ2v) is 7.92. The maximum Gasteiger partial charge on any atom is 0.270 e. The Balaban J connectivity index is 1.62. The van der Waals surface area contributed by atoms with E-state index in [-0.39, 0.29) is 11.7 Å². The molecule has 2 heterocycles. The summed E-state index contributed by atoms with van der Waals surface area (Å²) >= 11 is 1.79. The van der Waals surface area contributed by atoms with Gasteiger partial charge in [-0.05, 0) is 42.6 Å². The van der Waals surface area contributed by atoms with E-state index in [9.17, 15) is 0 Å². The molecule has 4 aromatic rings. The van der Waals surface area contributed by atoms with Crippen molar-refractivity contribution in [3.05, 3.63) is 60.3 Å². The number of anilines is 1. The van der Waals surface area contributed by atoms with E-state index in [2.05, 4.69) is 44.5 Å². The van der Waals surface area contributed by atoms with Crippen molar-refractivity contribution in [3.8, 4) is 34.3 Å². The molecule has 30 heavy (non-hydrogen) atoms. The maximum atomic E-state index is 6.05. The fourth-order valence-corrected chi connectivity index (χ4v) is 3.65. The van der Waals surface area contributed by atoms with Gasteiger partial charge in [-0.25, -0.2) is 9.97 Å². The first-order valence-electron chi connectivity index (χ1n) is 9.61. The summed E-state index contributed by atoms with van der Waals surface area (Å²) in [4.78, 5) is 10.1. The van der Waals surface area contributed by atoms with E-state index in [0.717, 1.165) is 23.4 Å². The van der Waals surface area contributed by atoms with Gasteiger partial charge in [0.2, 0.25) is 5.89 Å². The van der Waals surface area contributed by atoms with Gasteiger partial charge < -0.3 is 15.5 Å². The third-order valence-corrected chi connectivity index (χ3v) is 5.37. The molecule has 0 bridgehead atoms. The van der Waals surface area contributed by atoms with Gasteiger partial charge in [0.25, 0.3) is 5.89 Å². The third kappa shape index (κ3) is 4.34. The average molecular weight is 419 g/mol. The first-order chi connectivity index (χ1) is 14.7. The SMILES string of the molecule is CCSc1ccc(-c2cnc(N)c(-c3nnc(-c4ccc(CNC)cc4)o3)n2)cc1. The molecule has 3 N–H and O–H groups in total. The van der Waals surface area contributed by atoms with Crippen LogP contribution in [0, 0.1) is 0 Å². The summed E-state index contributed by atoms with van der Waals surface area (Å²) in [6.07, 6.45) is 1.65. The van der Waals surface area contributed by atoms with Crippen molar-refractivity contribution in [2.45, 2.75) is 18.4 Å². The lowest BCUT2D eigenvalue weighted by Gasteiger charge is -2.05. The van der Waals surface area contributed by atoms with E-state index in [4.69, 9.17) is 10.2 Å². The van der Waals surface area contributed by atoms with Crippen LogP contribution in [-0.2, 0) is 6.54 Å². The number of aromatic nitrogens is 4. The van der Waals surface area contributed by atoms with Gasteiger partial charge in [-0.2, -0.15) is 0 Å². The molecule has 152 valence electrons. The van der Waals surface area contributed by atoms with Gasteiger partial charge in [-0.15, -0.1) is 22.0 Å². The highest BCUT2D eigenvalue weighted by atomic mass is 32.2. The molecule has 0 unspecified atom stereocenters. The topological polar surface area (TPSA) is 103 Å². The Bertz CT molecular complexity index is 1130. The van der Waals surface area contributed by atoms with E-state index >= 15 is 0 Å². The van der Waals surface area contributed by atoms with Crippen molar-refractivity contribution >= 4 is 17.6 Å². The van der Waals surface area contributed by atoms with Crippen LogP contribution in [0.1, 0.15) is 12.5 Å². The summed E-state index contributed by atoms with van der Waals surface area (Å²) in [6.45, 7) is 2.93. The number of nitrogens with zero attached hydrogens (tertiary/aromatic N) is 4. The number of hydrogen-bond acceptors (Lipinski definition) is 8.